The van der Waals surface area contributed by atoms with Gasteiger partial charge in [-0.3, -0.25) is 0 Å². The minimum atomic E-state index is 0.662. The van der Waals surface area contributed by atoms with Crippen LogP contribution >= 0.6 is 0 Å². The molecule has 4 heteroatoms. The van der Waals surface area contributed by atoms with Crippen LogP contribution in [0.15, 0.2) is 0 Å². The van der Waals surface area contributed by atoms with E-state index in [-0.39, 0.29) is 0 Å². The first-order valence-corrected chi connectivity index (χ1v) is 5.98. The summed E-state index contributed by atoms with van der Waals surface area (Å²) >= 11 is 0. The van der Waals surface area contributed by atoms with Gasteiger partial charge < -0.3 is 0 Å². The van der Waals surface area contributed by atoms with E-state index in [1.807, 2.05) is 0 Å². The minimum absolute atomic E-state index is 0.662. The lowest BCUT2D eigenvalue weighted by Crippen LogP contribution is -2.56. The second kappa shape index (κ2) is 2.70. The molecule has 78 valence electrons. The van der Waals surface area contributed by atoms with Crippen molar-refractivity contribution in [2.24, 2.45) is 17.8 Å². The van der Waals surface area contributed by atoms with Crippen LogP contribution in [0.25, 0.3) is 0 Å². The van der Waals surface area contributed by atoms with Crippen molar-refractivity contribution < 1.29 is 0 Å². The first-order valence-electron chi connectivity index (χ1n) is 5.98. The summed E-state index contributed by atoms with van der Waals surface area (Å²) in [5.74, 6) is 2.98. The van der Waals surface area contributed by atoms with Crippen molar-refractivity contribution in [3.8, 4) is 0 Å². The molecule has 0 aromatic heterocycles. The number of rotatable bonds is 0. The van der Waals surface area contributed by atoms with Crippen LogP contribution in [-0.4, -0.2) is 29.3 Å². The summed E-state index contributed by atoms with van der Waals surface area (Å²) in [6, 6.07) is 0. The summed E-state index contributed by atoms with van der Waals surface area (Å²) in [6.07, 6.45) is 6.46. The van der Waals surface area contributed by atoms with Gasteiger partial charge in [-0.2, -0.15) is 11.1 Å². The zero-order chi connectivity index (χ0) is 9.12. The van der Waals surface area contributed by atoms with E-state index in [2.05, 4.69) is 21.1 Å². The van der Waals surface area contributed by atoms with Gasteiger partial charge >= 0.3 is 0 Å². The smallest absolute Gasteiger partial charge is 0.0949 e. The van der Waals surface area contributed by atoms with E-state index in [1.165, 1.54) is 38.8 Å². The third-order valence-corrected chi connectivity index (χ3v) is 4.80. The minimum Gasteiger partial charge on any atom is -0.211 e. The molecular weight excluding hydrogens is 176 g/mol. The molecule has 2 N–H and O–H groups in total. The summed E-state index contributed by atoms with van der Waals surface area (Å²) in [5.41, 5.74) is 6.62. The molecule has 2 unspecified atom stereocenters. The van der Waals surface area contributed by atoms with Crippen molar-refractivity contribution >= 4 is 0 Å². The number of nitrogens with zero attached hydrogens (tertiary/aromatic N) is 2. The van der Waals surface area contributed by atoms with Gasteiger partial charge in [0.2, 0.25) is 0 Å². The maximum atomic E-state index is 3.31. The Bertz CT molecular complexity index is 207. The van der Waals surface area contributed by atoms with E-state index in [1.54, 1.807) is 0 Å². The highest BCUT2D eigenvalue weighted by atomic mass is 15.9. The molecule has 3 heterocycles. The molecule has 4 fully saturated rings. The van der Waals surface area contributed by atoms with Crippen LogP contribution in [0.5, 0.6) is 0 Å². The van der Waals surface area contributed by atoms with Crippen molar-refractivity contribution in [1.82, 2.24) is 21.1 Å². The monoisotopic (exact) mass is 194 g/mol. The highest BCUT2D eigenvalue weighted by Gasteiger charge is 2.52. The average Bonchev–Trinajstić information content (AvgIpc) is 2.77. The first-order chi connectivity index (χ1) is 6.93. The van der Waals surface area contributed by atoms with Crippen molar-refractivity contribution in [2.75, 3.05) is 13.1 Å². The summed E-state index contributed by atoms with van der Waals surface area (Å²) in [5, 5.41) is 4.83. The Balaban J connectivity index is 1.73. The van der Waals surface area contributed by atoms with Crippen LogP contribution in [0.1, 0.15) is 25.7 Å². The molecule has 0 spiro atoms. The Morgan fingerprint density at radius 1 is 0.786 bits per heavy atom. The largest absolute Gasteiger partial charge is 0.211 e. The highest BCUT2D eigenvalue weighted by Crippen LogP contribution is 2.49. The molecule has 1 aliphatic carbocycles. The Labute approximate surface area is 84.5 Å². The van der Waals surface area contributed by atoms with E-state index in [0.29, 0.717) is 6.17 Å². The van der Waals surface area contributed by atoms with Gasteiger partial charge in [0.1, 0.15) is 0 Å². The zero-order valence-electron chi connectivity index (χ0n) is 8.45. The maximum Gasteiger partial charge on any atom is 0.0949 e. The van der Waals surface area contributed by atoms with Gasteiger partial charge in [-0.05, 0) is 43.4 Å². The second-order valence-electron chi connectivity index (χ2n) is 5.28. The fourth-order valence-electron chi connectivity index (χ4n) is 4.19. The third-order valence-electron chi connectivity index (χ3n) is 4.80. The fourth-order valence-corrected chi connectivity index (χ4v) is 4.19. The molecule has 0 bridgehead atoms. The maximum absolute atomic E-state index is 3.31. The molecule has 14 heavy (non-hydrogen) atoms. The molecule has 2 atom stereocenters. The predicted molar refractivity (Wildman–Crippen MR) is 52.4 cm³/mol. The Morgan fingerprint density at radius 2 is 1.36 bits per heavy atom. The van der Waals surface area contributed by atoms with Crippen molar-refractivity contribution in [1.29, 1.82) is 0 Å². The van der Waals surface area contributed by atoms with Gasteiger partial charge in [0.15, 0.2) is 0 Å². The number of hydrazine groups is 3. The molecule has 0 radical (unpaired) electrons. The van der Waals surface area contributed by atoms with Gasteiger partial charge in [-0.25, -0.2) is 10.0 Å². The molecule has 3 saturated heterocycles. The van der Waals surface area contributed by atoms with E-state index >= 15 is 0 Å². The Hall–Kier alpha value is -0.160. The molecule has 4 rings (SSSR count). The van der Waals surface area contributed by atoms with E-state index in [4.69, 9.17) is 0 Å². The van der Waals surface area contributed by atoms with E-state index in [0.717, 1.165) is 17.8 Å². The van der Waals surface area contributed by atoms with Crippen LogP contribution in [0, 0.1) is 17.8 Å². The van der Waals surface area contributed by atoms with Crippen LogP contribution < -0.4 is 11.1 Å². The summed E-state index contributed by atoms with van der Waals surface area (Å²) in [4.78, 5) is 0. The molecule has 0 amide bonds. The molecule has 3 aliphatic heterocycles. The topological polar surface area (TPSA) is 30.5 Å². The lowest BCUT2D eigenvalue weighted by atomic mass is 9.78. The predicted octanol–water partition coefficient (Wildman–Crippen LogP) is 0.304. The standard InChI is InChI=1S/C10H18N4/c1-2-8-4-6-14-10-9(8)7(1)3-5-13(10)11-12-14/h7-12H,1-6H2. The number of hydrogen-bond acceptors (Lipinski definition) is 4. The van der Waals surface area contributed by atoms with Crippen molar-refractivity contribution in [3.63, 3.8) is 0 Å². The number of nitrogens with one attached hydrogen (secondary N) is 2. The van der Waals surface area contributed by atoms with Crippen LogP contribution in [0.4, 0.5) is 0 Å². The molecule has 1 saturated carbocycles. The second-order valence-corrected chi connectivity index (χ2v) is 5.28. The van der Waals surface area contributed by atoms with Crippen LogP contribution in [-0.2, 0) is 0 Å². The molecule has 4 aliphatic rings. The van der Waals surface area contributed by atoms with E-state index < -0.39 is 0 Å². The number of hydrogen-bond donors (Lipinski definition) is 2. The van der Waals surface area contributed by atoms with E-state index in [9.17, 15) is 0 Å². The molecule has 0 aromatic carbocycles. The van der Waals surface area contributed by atoms with Gasteiger partial charge in [0, 0.05) is 13.1 Å². The quantitative estimate of drug-likeness (QED) is 0.581. The van der Waals surface area contributed by atoms with Gasteiger partial charge in [-0.1, -0.05) is 0 Å². The molecule has 4 nitrogen and oxygen atoms in total. The summed E-state index contributed by atoms with van der Waals surface area (Å²) in [7, 11) is 0. The first kappa shape index (κ1) is 8.05. The normalized spacial score (nSPS) is 52.3. The Kier molecular flexibility index (Phi) is 1.55. The lowest BCUT2D eigenvalue weighted by molar-refractivity contribution is -0.0450. The summed E-state index contributed by atoms with van der Waals surface area (Å²) < 4.78 is 0. The lowest BCUT2D eigenvalue weighted by Gasteiger charge is -2.45. The van der Waals surface area contributed by atoms with Crippen molar-refractivity contribution in [3.05, 3.63) is 0 Å². The SMILES string of the molecule is C1CC2CCN3NNN4CCC1C2C43. The number of piperidine rings is 2. The molecular formula is C10H18N4. The van der Waals surface area contributed by atoms with Crippen LogP contribution in [0.2, 0.25) is 0 Å². The van der Waals surface area contributed by atoms with Gasteiger partial charge in [0.25, 0.3) is 0 Å². The van der Waals surface area contributed by atoms with Gasteiger partial charge in [0.05, 0.1) is 6.17 Å². The highest BCUT2D eigenvalue weighted by molar-refractivity contribution is 4.99. The zero-order valence-corrected chi connectivity index (χ0v) is 8.45. The average molecular weight is 194 g/mol. The summed E-state index contributed by atoms with van der Waals surface area (Å²) in [6.45, 7) is 2.45. The third kappa shape index (κ3) is 0.877. The van der Waals surface area contributed by atoms with Gasteiger partial charge in [-0.15, -0.1) is 0 Å². The van der Waals surface area contributed by atoms with Crippen molar-refractivity contribution in [2.45, 2.75) is 31.8 Å². The van der Waals surface area contributed by atoms with Crippen LogP contribution in [0.3, 0.4) is 0 Å². The Morgan fingerprint density at radius 3 is 1.93 bits per heavy atom. The fraction of sp³-hybridized carbons (Fsp3) is 1.00. The molecule has 0 aromatic rings.